The SMILES string of the molecule is CO[C@H]1[C@H](Oc2cc3c(cc2O)N(/C=C/C2=CC(C(=O)O)=N[C@H](C(=O)O)C2)[C@H](C(=O)O)C3)O[C@H](CO)[C@@H](O)[C@@H]1O. The Morgan fingerprint density at radius 2 is 1.85 bits per heavy atom. The number of aliphatic imine (C=N–C) groups is 1. The van der Waals surface area contributed by atoms with Crippen molar-refractivity contribution >= 4 is 29.3 Å². The van der Waals surface area contributed by atoms with Gasteiger partial charge in [-0.3, -0.25) is 4.99 Å². The number of dihydropyridines is 1. The summed E-state index contributed by atoms with van der Waals surface area (Å²) in [6.45, 7) is -0.629. The number of fused-ring (bicyclic) bond motifs is 1. The predicted molar refractivity (Wildman–Crippen MR) is 133 cm³/mol. The van der Waals surface area contributed by atoms with Gasteiger partial charge in [0.2, 0.25) is 6.29 Å². The summed E-state index contributed by atoms with van der Waals surface area (Å²) >= 11 is 0. The van der Waals surface area contributed by atoms with E-state index in [1.165, 1.54) is 42.5 Å². The van der Waals surface area contributed by atoms with Crippen LogP contribution in [0.3, 0.4) is 0 Å². The van der Waals surface area contributed by atoms with Crippen molar-refractivity contribution in [2.45, 2.75) is 55.6 Å². The number of aromatic hydroxyl groups is 1. The number of phenols is 1. The fraction of sp³-hybridized carbons (Fsp3) is 0.440. The zero-order chi connectivity index (χ0) is 29.3. The van der Waals surface area contributed by atoms with Crippen molar-refractivity contribution < 1.29 is 64.3 Å². The molecule has 15 heteroatoms. The number of aliphatic hydroxyl groups is 3. The minimum atomic E-state index is -1.48. The number of aliphatic carboxylic acids is 3. The highest BCUT2D eigenvalue weighted by atomic mass is 16.7. The standard InChI is InChI=1S/C25H28N2O13/c1-38-21-20(31)19(30)18(9-28)40-25(21)39-17-7-11-6-15(24(36)37)27(14(11)8-16(17)29)3-2-10-4-12(22(32)33)26-13(5-10)23(34)35/h2-4,7-8,13,15,18-21,25,28-31H,5-6,9H2,1H3,(H,32,33)(H,34,35)(H,36,37)/b3-2+/t13-,15-,18+,19+,20-,21+,25+/m0/s1. The van der Waals surface area contributed by atoms with Crippen LogP contribution in [0, 0.1) is 0 Å². The normalized spacial score (nSPS) is 30.0. The molecule has 40 heavy (non-hydrogen) atoms. The Labute approximate surface area is 226 Å². The largest absolute Gasteiger partial charge is 0.504 e. The summed E-state index contributed by atoms with van der Waals surface area (Å²) in [6, 6.07) is 0.187. The van der Waals surface area contributed by atoms with Crippen molar-refractivity contribution in [3.8, 4) is 11.5 Å². The first-order valence-corrected chi connectivity index (χ1v) is 12.1. The van der Waals surface area contributed by atoms with Crippen LogP contribution in [0.25, 0.3) is 0 Å². The van der Waals surface area contributed by atoms with Gasteiger partial charge in [-0.25, -0.2) is 14.4 Å². The average molecular weight is 565 g/mol. The first-order valence-electron chi connectivity index (χ1n) is 12.1. The van der Waals surface area contributed by atoms with Gasteiger partial charge in [-0.05, 0) is 29.4 Å². The highest BCUT2D eigenvalue weighted by Gasteiger charge is 2.46. The Bertz CT molecular complexity index is 1280. The van der Waals surface area contributed by atoms with Gasteiger partial charge in [0.1, 0.15) is 36.2 Å². The lowest BCUT2D eigenvalue weighted by Crippen LogP contribution is -2.60. The average Bonchev–Trinajstić information content (AvgIpc) is 3.26. The third-order valence-electron chi connectivity index (χ3n) is 6.81. The molecule has 1 aromatic rings. The quantitative estimate of drug-likeness (QED) is 0.188. The van der Waals surface area contributed by atoms with E-state index in [9.17, 15) is 50.1 Å². The number of carbonyl (C=O) groups is 3. The van der Waals surface area contributed by atoms with E-state index in [0.29, 0.717) is 16.8 Å². The zero-order valence-electron chi connectivity index (χ0n) is 21.0. The van der Waals surface area contributed by atoms with E-state index in [2.05, 4.69) is 4.99 Å². The Morgan fingerprint density at radius 3 is 2.45 bits per heavy atom. The summed E-state index contributed by atoms with van der Waals surface area (Å²) < 4.78 is 16.4. The number of allylic oxidation sites excluding steroid dienone is 1. The third kappa shape index (κ3) is 5.64. The Kier molecular flexibility index (Phi) is 8.41. The van der Waals surface area contributed by atoms with Crippen LogP contribution < -0.4 is 9.64 Å². The fourth-order valence-electron chi connectivity index (χ4n) is 4.75. The van der Waals surface area contributed by atoms with Crippen LogP contribution in [-0.2, 0) is 30.3 Å². The van der Waals surface area contributed by atoms with Crippen molar-refractivity contribution in [3.05, 3.63) is 41.6 Å². The Morgan fingerprint density at radius 1 is 1.12 bits per heavy atom. The van der Waals surface area contributed by atoms with Gasteiger partial charge >= 0.3 is 17.9 Å². The summed E-state index contributed by atoms with van der Waals surface area (Å²) in [5, 5.41) is 69.0. The number of methoxy groups -OCH3 is 1. The van der Waals surface area contributed by atoms with Gasteiger partial charge in [0.25, 0.3) is 0 Å². The van der Waals surface area contributed by atoms with E-state index < -0.39 is 78.8 Å². The van der Waals surface area contributed by atoms with Crippen LogP contribution in [0.1, 0.15) is 12.0 Å². The molecule has 3 aliphatic rings. The molecular weight excluding hydrogens is 536 g/mol. The summed E-state index contributed by atoms with van der Waals surface area (Å²) in [5.41, 5.74) is 0.585. The first kappa shape index (κ1) is 29.0. The van der Waals surface area contributed by atoms with E-state index in [1.807, 2.05) is 0 Å². The number of hydrogen-bond acceptors (Lipinski definition) is 12. The molecule has 0 bridgehead atoms. The molecule has 3 heterocycles. The number of anilines is 1. The number of ether oxygens (including phenoxy) is 3. The van der Waals surface area contributed by atoms with Gasteiger partial charge in [-0.1, -0.05) is 0 Å². The van der Waals surface area contributed by atoms with Gasteiger partial charge in [0, 0.05) is 37.9 Å². The number of carboxylic acid groups (broad SMARTS) is 3. The topological polar surface area (TPSA) is 236 Å². The molecule has 4 rings (SSSR count). The second-order valence-electron chi connectivity index (χ2n) is 9.35. The molecule has 15 nitrogen and oxygen atoms in total. The lowest BCUT2D eigenvalue weighted by molar-refractivity contribution is -0.283. The van der Waals surface area contributed by atoms with E-state index >= 15 is 0 Å². The Balaban J connectivity index is 1.62. The Hall–Kier alpha value is -4.02. The molecule has 3 aliphatic heterocycles. The van der Waals surface area contributed by atoms with E-state index in [0.717, 1.165) is 0 Å². The number of phenolic OH excluding ortho intramolecular Hbond substituents is 1. The van der Waals surface area contributed by atoms with Gasteiger partial charge in [-0.15, -0.1) is 0 Å². The van der Waals surface area contributed by atoms with Crippen LogP contribution >= 0.6 is 0 Å². The molecule has 0 saturated carbocycles. The number of nitrogens with zero attached hydrogens (tertiary/aromatic N) is 2. The summed E-state index contributed by atoms with van der Waals surface area (Å²) in [6.07, 6.45) is -2.85. The zero-order valence-corrected chi connectivity index (χ0v) is 21.0. The third-order valence-corrected chi connectivity index (χ3v) is 6.81. The van der Waals surface area contributed by atoms with Crippen LogP contribution in [0.4, 0.5) is 5.69 Å². The lowest BCUT2D eigenvalue weighted by atomic mass is 9.99. The maximum Gasteiger partial charge on any atom is 0.354 e. The molecule has 7 atom stereocenters. The van der Waals surface area contributed by atoms with Crippen molar-refractivity contribution in [1.29, 1.82) is 0 Å². The summed E-state index contributed by atoms with van der Waals surface area (Å²) in [5.74, 6) is -4.48. The second kappa shape index (κ2) is 11.6. The molecule has 7 N–H and O–H groups in total. The number of benzene rings is 1. The number of aliphatic hydroxyl groups excluding tert-OH is 3. The van der Waals surface area contributed by atoms with Gasteiger partial charge < -0.3 is 54.9 Å². The molecular formula is C25H28N2O13. The molecule has 216 valence electrons. The molecule has 0 spiro atoms. The van der Waals surface area contributed by atoms with Crippen molar-refractivity contribution in [1.82, 2.24) is 0 Å². The molecule has 1 aromatic carbocycles. The van der Waals surface area contributed by atoms with E-state index in [-0.39, 0.29) is 18.6 Å². The minimum Gasteiger partial charge on any atom is -0.504 e. The second-order valence-corrected chi connectivity index (χ2v) is 9.35. The fourth-order valence-corrected chi connectivity index (χ4v) is 4.75. The smallest absolute Gasteiger partial charge is 0.354 e. The summed E-state index contributed by atoms with van der Waals surface area (Å²) in [7, 11) is 1.25. The molecule has 0 aliphatic carbocycles. The predicted octanol–water partition coefficient (Wildman–Crippen LogP) is -1.14. The highest BCUT2D eigenvalue weighted by Crippen LogP contribution is 2.42. The van der Waals surface area contributed by atoms with Crippen LogP contribution in [0.5, 0.6) is 11.5 Å². The summed E-state index contributed by atoms with van der Waals surface area (Å²) in [4.78, 5) is 39.9. The number of carboxylic acids is 3. The maximum absolute atomic E-state index is 12.0. The van der Waals surface area contributed by atoms with Crippen LogP contribution in [-0.4, -0.2) is 116 Å². The monoisotopic (exact) mass is 564 g/mol. The van der Waals surface area contributed by atoms with E-state index in [1.54, 1.807) is 0 Å². The van der Waals surface area contributed by atoms with Gasteiger partial charge in [0.15, 0.2) is 17.5 Å². The van der Waals surface area contributed by atoms with Crippen LogP contribution in [0.15, 0.2) is 41.1 Å². The van der Waals surface area contributed by atoms with Crippen LogP contribution in [0.2, 0.25) is 0 Å². The van der Waals surface area contributed by atoms with Gasteiger partial charge in [0.05, 0.1) is 6.61 Å². The molecule has 1 saturated heterocycles. The number of rotatable bonds is 9. The lowest BCUT2D eigenvalue weighted by Gasteiger charge is -2.41. The molecule has 0 aromatic heterocycles. The molecule has 0 unspecified atom stereocenters. The molecule has 0 amide bonds. The molecule has 1 fully saturated rings. The van der Waals surface area contributed by atoms with Crippen molar-refractivity contribution in [2.24, 2.45) is 4.99 Å². The van der Waals surface area contributed by atoms with Gasteiger partial charge in [-0.2, -0.15) is 0 Å². The van der Waals surface area contributed by atoms with E-state index in [4.69, 9.17) is 14.2 Å². The molecule has 0 radical (unpaired) electrons. The first-order chi connectivity index (χ1) is 18.9. The van der Waals surface area contributed by atoms with Crippen molar-refractivity contribution in [2.75, 3.05) is 18.6 Å². The van der Waals surface area contributed by atoms with Crippen molar-refractivity contribution in [3.63, 3.8) is 0 Å². The highest BCUT2D eigenvalue weighted by molar-refractivity contribution is 6.41. The minimum absolute atomic E-state index is 0.0237. The number of hydrogen-bond donors (Lipinski definition) is 7. The maximum atomic E-state index is 12.0.